The molecule has 0 aliphatic carbocycles. The number of benzene rings is 2. The minimum atomic E-state index is -0.859. The van der Waals surface area contributed by atoms with Gasteiger partial charge < -0.3 is 28.6 Å². The van der Waals surface area contributed by atoms with Gasteiger partial charge in [-0.2, -0.15) is 0 Å². The lowest BCUT2D eigenvalue weighted by Crippen LogP contribution is -2.29. The summed E-state index contributed by atoms with van der Waals surface area (Å²) in [7, 11) is 1.54. The molecule has 38 heavy (non-hydrogen) atoms. The number of nitrogens with zero attached hydrogens (tertiary/aromatic N) is 1. The number of ether oxygens (including phenoxy) is 3. The van der Waals surface area contributed by atoms with Gasteiger partial charge in [-0.3, -0.25) is 9.59 Å². The number of aliphatic hydroxyl groups is 1. The molecule has 1 fully saturated rings. The summed E-state index contributed by atoms with van der Waals surface area (Å²) < 4.78 is 22.7. The van der Waals surface area contributed by atoms with Crippen molar-refractivity contribution < 1.29 is 33.3 Å². The van der Waals surface area contributed by atoms with Gasteiger partial charge in [0.2, 0.25) is 0 Å². The van der Waals surface area contributed by atoms with Crippen LogP contribution in [0.15, 0.2) is 64.8 Å². The number of ketones is 1. The monoisotopic (exact) mass is 517 g/mol. The number of furan rings is 1. The molecular weight excluding hydrogens is 486 g/mol. The van der Waals surface area contributed by atoms with E-state index in [0.717, 1.165) is 24.2 Å². The number of Topliss-reactive ketones (excluding diaryl/α,β-unsaturated/α-hetero) is 1. The highest BCUT2D eigenvalue weighted by Gasteiger charge is 2.46. The second kappa shape index (κ2) is 10.7. The maximum absolute atomic E-state index is 13.4. The number of carbonyl (C=O) groups is 2. The van der Waals surface area contributed by atoms with Crippen molar-refractivity contribution in [1.29, 1.82) is 0 Å². The van der Waals surface area contributed by atoms with E-state index in [0.29, 0.717) is 41.4 Å². The fourth-order valence-corrected chi connectivity index (χ4v) is 4.98. The first-order valence-corrected chi connectivity index (χ1v) is 12.8. The van der Waals surface area contributed by atoms with E-state index in [9.17, 15) is 14.7 Å². The van der Waals surface area contributed by atoms with Gasteiger partial charge in [0.05, 0.1) is 38.1 Å². The van der Waals surface area contributed by atoms with Gasteiger partial charge in [0.15, 0.2) is 11.5 Å². The lowest BCUT2D eigenvalue weighted by Gasteiger charge is -2.25. The summed E-state index contributed by atoms with van der Waals surface area (Å²) in [5.74, 6) is 0.616. The van der Waals surface area contributed by atoms with Gasteiger partial charge >= 0.3 is 0 Å². The third kappa shape index (κ3) is 4.74. The summed E-state index contributed by atoms with van der Waals surface area (Å²) >= 11 is 0. The molecule has 2 atom stereocenters. The fraction of sp³-hybridized carbons (Fsp3) is 0.333. The average Bonchev–Trinajstić information content (AvgIpc) is 3.63. The number of methoxy groups -OCH3 is 1. The molecule has 8 nitrogen and oxygen atoms in total. The van der Waals surface area contributed by atoms with E-state index < -0.39 is 17.7 Å². The van der Waals surface area contributed by atoms with E-state index in [1.165, 1.54) is 11.2 Å². The lowest BCUT2D eigenvalue weighted by molar-refractivity contribution is -0.140. The number of fused-ring (bicyclic) bond motifs is 1. The first kappa shape index (κ1) is 25.4. The Balaban J connectivity index is 1.60. The first-order chi connectivity index (χ1) is 18.4. The highest BCUT2D eigenvalue weighted by molar-refractivity contribution is 6.46. The molecule has 198 valence electrons. The van der Waals surface area contributed by atoms with Gasteiger partial charge in [-0.25, -0.2) is 0 Å². The predicted octanol–water partition coefficient (Wildman–Crippen LogP) is 5.41. The SMILES string of the molecule is CCCCOc1ccc(C2C(=C(O)c3ccc4c(c3)CC(C)O4)C(=O)C(=O)N2Cc2ccco2)cc1OC. The Bertz CT molecular complexity index is 1380. The molecule has 0 spiro atoms. The van der Waals surface area contributed by atoms with E-state index in [1.54, 1.807) is 49.6 Å². The van der Waals surface area contributed by atoms with Crippen molar-refractivity contribution in [3.8, 4) is 17.2 Å². The first-order valence-electron chi connectivity index (χ1n) is 12.8. The number of unbranched alkanes of at least 4 members (excludes halogenated alkanes) is 1. The van der Waals surface area contributed by atoms with Crippen LogP contribution in [0, 0.1) is 0 Å². The zero-order valence-corrected chi connectivity index (χ0v) is 21.7. The maximum Gasteiger partial charge on any atom is 0.296 e. The number of likely N-dealkylation sites (tertiary alicyclic amines) is 1. The molecule has 3 aromatic rings. The van der Waals surface area contributed by atoms with Crippen LogP contribution >= 0.6 is 0 Å². The summed E-state index contributed by atoms with van der Waals surface area (Å²) in [5, 5.41) is 11.5. The Hall–Kier alpha value is -4.20. The molecule has 1 aromatic heterocycles. The summed E-state index contributed by atoms with van der Waals surface area (Å²) in [6.45, 7) is 4.67. The van der Waals surface area contributed by atoms with Crippen LogP contribution in [0.3, 0.4) is 0 Å². The van der Waals surface area contributed by atoms with Crippen molar-refractivity contribution in [2.75, 3.05) is 13.7 Å². The van der Waals surface area contributed by atoms with Crippen LogP contribution in [0.4, 0.5) is 0 Å². The third-order valence-corrected chi connectivity index (χ3v) is 6.87. The normalized spacial score (nSPS) is 19.9. The van der Waals surface area contributed by atoms with Crippen LogP contribution in [0.5, 0.6) is 17.2 Å². The highest BCUT2D eigenvalue weighted by Crippen LogP contribution is 2.43. The molecule has 2 aromatic carbocycles. The molecule has 1 saturated heterocycles. The van der Waals surface area contributed by atoms with Gasteiger partial charge in [-0.1, -0.05) is 19.4 Å². The number of carbonyl (C=O) groups excluding carboxylic acids is 2. The summed E-state index contributed by atoms with van der Waals surface area (Å²) in [6.07, 6.45) is 4.14. The molecule has 8 heteroatoms. The largest absolute Gasteiger partial charge is 0.507 e. The van der Waals surface area contributed by atoms with Crippen LogP contribution in [-0.4, -0.2) is 41.5 Å². The van der Waals surface area contributed by atoms with E-state index in [1.807, 2.05) is 13.0 Å². The Morgan fingerprint density at radius 2 is 1.97 bits per heavy atom. The second-order valence-corrected chi connectivity index (χ2v) is 9.57. The Labute approximate surface area is 221 Å². The van der Waals surface area contributed by atoms with Gasteiger partial charge in [-0.05, 0) is 66.9 Å². The topological polar surface area (TPSA) is 98.4 Å². The number of aliphatic hydroxyl groups excluding tert-OH is 1. The van der Waals surface area contributed by atoms with Crippen LogP contribution in [0.1, 0.15) is 55.2 Å². The van der Waals surface area contributed by atoms with Gasteiger partial charge in [-0.15, -0.1) is 0 Å². The zero-order valence-electron chi connectivity index (χ0n) is 21.7. The summed E-state index contributed by atoms with van der Waals surface area (Å²) in [5.41, 5.74) is 2.01. The third-order valence-electron chi connectivity index (χ3n) is 6.87. The molecule has 2 aliphatic rings. The molecule has 1 N–H and O–H groups in total. The van der Waals surface area contributed by atoms with Crippen molar-refractivity contribution in [3.63, 3.8) is 0 Å². The molecule has 0 bridgehead atoms. The molecule has 0 radical (unpaired) electrons. The summed E-state index contributed by atoms with van der Waals surface area (Å²) in [4.78, 5) is 28.1. The maximum atomic E-state index is 13.4. The standard InChI is InChI=1S/C30H31NO7/c1-4-5-12-37-24-11-8-19(16-25(24)35-3)27-26(29(33)30(34)31(27)17-22-7-6-13-36-22)28(32)20-9-10-23-21(15-20)14-18(2)38-23/h6-11,13,15-16,18,27,32H,4-5,12,14,17H2,1-3H3. The second-order valence-electron chi connectivity index (χ2n) is 9.57. The summed E-state index contributed by atoms with van der Waals surface area (Å²) in [6, 6.07) is 13.2. The molecule has 0 saturated carbocycles. The molecule has 3 heterocycles. The minimum absolute atomic E-state index is 0.00942. The van der Waals surface area contributed by atoms with Crippen molar-refractivity contribution in [1.82, 2.24) is 4.90 Å². The van der Waals surface area contributed by atoms with Gasteiger partial charge in [0.1, 0.15) is 23.4 Å². The molecule has 2 unspecified atom stereocenters. The predicted molar refractivity (Wildman–Crippen MR) is 140 cm³/mol. The molecular formula is C30H31NO7. The van der Waals surface area contributed by atoms with Crippen molar-refractivity contribution in [3.05, 3.63) is 82.8 Å². The highest BCUT2D eigenvalue weighted by atomic mass is 16.5. The number of amides is 1. The molecule has 5 rings (SSSR count). The molecule has 2 aliphatic heterocycles. The number of rotatable bonds is 9. The van der Waals surface area contributed by atoms with Crippen LogP contribution in [0.25, 0.3) is 5.76 Å². The lowest BCUT2D eigenvalue weighted by atomic mass is 9.94. The molecule has 1 amide bonds. The van der Waals surface area contributed by atoms with E-state index >= 15 is 0 Å². The van der Waals surface area contributed by atoms with Gasteiger partial charge in [0.25, 0.3) is 11.7 Å². The van der Waals surface area contributed by atoms with Crippen LogP contribution < -0.4 is 14.2 Å². The zero-order chi connectivity index (χ0) is 26.8. The number of hydrogen-bond donors (Lipinski definition) is 1. The minimum Gasteiger partial charge on any atom is -0.507 e. The van der Waals surface area contributed by atoms with Crippen LogP contribution in [-0.2, 0) is 22.6 Å². The van der Waals surface area contributed by atoms with E-state index in [2.05, 4.69) is 6.92 Å². The average molecular weight is 518 g/mol. The number of hydrogen-bond acceptors (Lipinski definition) is 7. The quantitative estimate of drug-likeness (QED) is 0.175. The van der Waals surface area contributed by atoms with Crippen molar-refractivity contribution >= 4 is 17.4 Å². The van der Waals surface area contributed by atoms with Crippen molar-refractivity contribution in [2.45, 2.75) is 51.8 Å². The van der Waals surface area contributed by atoms with Crippen LogP contribution in [0.2, 0.25) is 0 Å². The Morgan fingerprint density at radius 3 is 2.71 bits per heavy atom. The fourth-order valence-electron chi connectivity index (χ4n) is 4.98. The smallest absolute Gasteiger partial charge is 0.296 e. The van der Waals surface area contributed by atoms with Gasteiger partial charge in [0, 0.05) is 12.0 Å². The van der Waals surface area contributed by atoms with E-state index in [4.69, 9.17) is 18.6 Å². The van der Waals surface area contributed by atoms with Crippen molar-refractivity contribution in [2.24, 2.45) is 0 Å². The Morgan fingerprint density at radius 1 is 1.13 bits per heavy atom. The Kier molecular flexibility index (Phi) is 7.13. The van der Waals surface area contributed by atoms with E-state index in [-0.39, 0.29) is 24.0 Å².